The van der Waals surface area contributed by atoms with E-state index < -0.39 is 0 Å². The molecule has 0 atom stereocenters. The van der Waals surface area contributed by atoms with Crippen molar-refractivity contribution < 1.29 is 9.13 Å². The van der Waals surface area contributed by atoms with Crippen LogP contribution in [0.25, 0.3) is 0 Å². The second-order valence-electron chi connectivity index (χ2n) is 3.64. The average Bonchev–Trinajstić information content (AvgIpc) is 2.70. The fourth-order valence-corrected chi connectivity index (χ4v) is 2.22. The SMILES string of the molecule is Cc1ncsc1CCOc1cc(F)ccc1N. The molecule has 0 bridgehead atoms. The van der Waals surface area contributed by atoms with E-state index in [0.29, 0.717) is 18.0 Å². The lowest BCUT2D eigenvalue weighted by molar-refractivity contribution is 0.322. The van der Waals surface area contributed by atoms with E-state index in [4.69, 9.17) is 10.5 Å². The molecule has 0 aliphatic carbocycles. The molecular formula is C12H13FN2OS. The summed E-state index contributed by atoms with van der Waals surface area (Å²) in [7, 11) is 0. The Morgan fingerprint density at radius 2 is 2.29 bits per heavy atom. The fourth-order valence-electron chi connectivity index (χ4n) is 1.45. The number of rotatable bonds is 4. The van der Waals surface area contributed by atoms with Crippen molar-refractivity contribution in [2.45, 2.75) is 13.3 Å². The molecule has 0 fully saturated rings. The topological polar surface area (TPSA) is 48.1 Å². The van der Waals surface area contributed by atoms with Gasteiger partial charge in [-0.05, 0) is 19.1 Å². The minimum absolute atomic E-state index is 0.344. The lowest BCUT2D eigenvalue weighted by atomic mass is 10.3. The molecule has 1 aromatic heterocycles. The van der Waals surface area contributed by atoms with Crippen LogP contribution >= 0.6 is 11.3 Å². The molecule has 5 heteroatoms. The van der Waals surface area contributed by atoms with Gasteiger partial charge in [-0.1, -0.05) is 0 Å². The molecule has 17 heavy (non-hydrogen) atoms. The number of hydrogen-bond acceptors (Lipinski definition) is 4. The first-order valence-corrected chi connectivity index (χ1v) is 6.11. The maximum absolute atomic E-state index is 13.0. The molecule has 2 rings (SSSR count). The minimum atomic E-state index is -0.344. The molecule has 0 amide bonds. The first-order valence-electron chi connectivity index (χ1n) is 5.23. The zero-order valence-electron chi connectivity index (χ0n) is 9.44. The zero-order valence-corrected chi connectivity index (χ0v) is 10.3. The molecule has 0 spiro atoms. The van der Waals surface area contributed by atoms with E-state index in [0.717, 1.165) is 12.1 Å². The van der Waals surface area contributed by atoms with Crippen LogP contribution in [0.15, 0.2) is 23.7 Å². The van der Waals surface area contributed by atoms with Crippen molar-refractivity contribution in [3.05, 3.63) is 40.1 Å². The summed E-state index contributed by atoms with van der Waals surface area (Å²) in [5.41, 5.74) is 8.95. The van der Waals surface area contributed by atoms with Crippen molar-refractivity contribution >= 4 is 17.0 Å². The van der Waals surface area contributed by atoms with E-state index in [1.807, 2.05) is 6.92 Å². The van der Waals surface area contributed by atoms with Crippen molar-refractivity contribution in [3.63, 3.8) is 0 Å². The quantitative estimate of drug-likeness (QED) is 0.851. The highest BCUT2D eigenvalue weighted by atomic mass is 32.1. The molecule has 0 radical (unpaired) electrons. The molecule has 1 heterocycles. The van der Waals surface area contributed by atoms with Crippen molar-refractivity contribution in [1.82, 2.24) is 4.98 Å². The summed E-state index contributed by atoms with van der Waals surface area (Å²) < 4.78 is 18.4. The van der Waals surface area contributed by atoms with Crippen LogP contribution in [0.5, 0.6) is 5.75 Å². The minimum Gasteiger partial charge on any atom is -0.491 e. The van der Waals surface area contributed by atoms with Crippen molar-refractivity contribution in [2.75, 3.05) is 12.3 Å². The Morgan fingerprint density at radius 1 is 1.47 bits per heavy atom. The summed E-state index contributed by atoms with van der Waals surface area (Å²) in [6, 6.07) is 4.12. The highest BCUT2D eigenvalue weighted by Gasteiger charge is 2.04. The van der Waals surface area contributed by atoms with Crippen LogP contribution in [0.4, 0.5) is 10.1 Å². The molecule has 2 aromatic rings. The number of nitrogens with two attached hydrogens (primary N) is 1. The summed E-state index contributed by atoms with van der Waals surface area (Å²) in [5, 5.41) is 0. The average molecular weight is 252 g/mol. The third-order valence-electron chi connectivity index (χ3n) is 2.41. The van der Waals surface area contributed by atoms with Gasteiger partial charge in [-0.15, -0.1) is 11.3 Å². The van der Waals surface area contributed by atoms with E-state index in [-0.39, 0.29) is 5.82 Å². The lowest BCUT2D eigenvalue weighted by Crippen LogP contribution is -2.03. The number of halogens is 1. The summed E-state index contributed by atoms with van der Waals surface area (Å²) in [6.07, 6.45) is 0.756. The van der Waals surface area contributed by atoms with Crippen LogP contribution in [0.2, 0.25) is 0 Å². The van der Waals surface area contributed by atoms with E-state index in [1.165, 1.54) is 23.1 Å². The monoisotopic (exact) mass is 252 g/mol. The number of thiazole rings is 1. The van der Waals surface area contributed by atoms with Crippen LogP contribution in [-0.4, -0.2) is 11.6 Å². The highest BCUT2D eigenvalue weighted by molar-refractivity contribution is 7.09. The van der Waals surface area contributed by atoms with Crippen molar-refractivity contribution in [3.8, 4) is 5.75 Å². The number of benzene rings is 1. The van der Waals surface area contributed by atoms with Gasteiger partial charge < -0.3 is 10.5 Å². The fraction of sp³-hybridized carbons (Fsp3) is 0.250. The molecule has 1 aromatic carbocycles. The van der Waals surface area contributed by atoms with Gasteiger partial charge in [0.25, 0.3) is 0 Å². The number of aromatic nitrogens is 1. The Hall–Kier alpha value is -1.62. The molecule has 0 saturated carbocycles. The van der Waals surface area contributed by atoms with Gasteiger partial charge in [0.05, 0.1) is 23.5 Å². The second-order valence-corrected chi connectivity index (χ2v) is 4.58. The van der Waals surface area contributed by atoms with Crippen LogP contribution < -0.4 is 10.5 Å². The second kappa shape index (κ2) is 5.14. The standard InChI is InChI=1S/C12H13FN2OS/c1-8-12(17-7-15-8)4-5-16-11-6-9(13)2-3-10(11)14/h2-3,6-7H,4-5,14H2,1H3. The van der Waals surface area contributed by atoms with Gasteiger partial charge in [0.2, 0.25) is 0 Å². The summed E-state index contributed by atoms with van der Waals surface area (Å²) in [5.74, 6) is 0.0512. The van der Waals surface area contributed by atoms with Crippen LogP contribution in [0.1, 0.15) is 10.6 Å². The predicted molar refractivity (Wildman–Crippen MR) is 66.9 cm³/mol. The van der Waals surface area contributed by atoms with Crippen LogP contribution in [0, 0.1) is 12.7 Å². The largest absolute Gasteiger partial charge is 0.491 e. The van der Waals surface area contributed by atoms with Gasteiger partial charge in [0, 0.05) is 17.4 Å². The maximum Gasteiger partial charge on any atom is 0.145 e. The Morgan fingerprint density at radius 3 is 3.00 bits per heavy atom. The van der Waals surface area contributed by atoms with Gasteiger partial charge in [-0.25, -0.2) is 9.37 Å². The first kappa shape index (κ1) is 11.9. The Bertz CT molecular complexity index is 513. The van der Waals surface area contributed by atoms with Crippen molar-refractivity contribution in [1.29, 1.82) is 0 Å². The predicted octanol–water partition coefficient (Wildman–Crippen LogP) is 2.79. The van der Waals surface area contributed by atoms with Gasteiger partial charge in [-0.3, -0.25) is 0 Å². The Kier molecular flexibility index (Phi) is 3.58. The van der Waals surface area contributed by atoms with Crippen LogP contribution in [0.3, 0.4) is 0 Å². The summed E-state index contributed by atoms with van der Waals surface area (Å²) in [4.78, 5) is 5.33. The number of nitrogen functional groups attached to an aromatic ring is 1. The smallest absolute Gasteiger partial charge is 0.145 e. The highest BCUT2D eigenvalue weighted by Crippen LogP contribution is 2.22. The Labute approximate surface area is 103 Å². The molecule has 2 N–H and O–H groups in total. The molecule has 0 aliphatic heterocycles. The van der Waals surface area contributed by atoms with Gasteiger partial charge in [-0.2, -0.15) is 0 Å². The summed E-state index contributed by atoms with van der Waals surface area (Å²) >= 11 is 1.60. The zero-order chi connectivity index (χ0) is 12.3. The molecule has 90 valence electrons. The van der Waals surface area contributed by atoms with Crippen LogP contribution in [-0.2, 0) is 6.42 Å². The Balaban J connectivity index is 1.94. The molecule has 0 aliphatic rings. The molecule has 0 saturated heterocycles. The normalized spacial score (nSPS) is 10.5. The number of hydrogen-bond donors (Lipinski definition) is 1. The third-order valence-corrected chi connectivity index (χ3v) is 3.40. The van der Waals surface area contributed by atoms with E-state index in [9.17, 15) is 4.39 Å². The summed E-state index contributed by atoms with van der Waals surface area (Å²) in [6.45, 7) is 2.43. The third kappa shape index (κ3) is 2.94. The molecular weight excluding hydrogens is 239 g/mol. The number of ether oxygens (including phenoxy) is 1. The lowest BCUT2D eigenvalue weighted by Gasteiger charge is -2.08. The first-order chi connectivity index (χ1) is 8.16. The van der Waals surface area contributed by atoms with E-state index in [1.54, 1.807) is 16.8 Å². The van der Waals surface area contributed by atoms with Gasteiger partial charge >= 0.3 is 0 Å². The molecule has 0 unspecified atom stereocenters. The maximum atomic E-state index is 13.0. The number of anilines is 1. The van der Waals surface area contributed by atoms with Crippen molar-refractivity contribution in [2.24, 2.45) is 0 Å². The number of nitrogens with zero attached hydrogens (tertiary/aromatic N) is 1. The van der Waals surface area contributed by atoms with Gasteiger partial charge in [0.1, 0.15) is 11.6 Å². The van der Waals surface area contributed by atoms with E-state index >= 15 is 0 Å². The number of aryl methyl sites for hydroxylation is 1. The van der Waals surface area contributed by atoms with E-state index in [2.05, 4.69) is 4.98 Å². The molecule has 3 nitrogen and oxygen atoms in total. The van der Waals surface area contributed by atoms with Gasteiger partial charge in [0.15, 0.2) is 0 Å².